The molecule has 0 atom stereocenters. The van der Waals surface area contributed by atoms with E-state index in [4.69, 9.17) is 9.47 Å². The summed E-state index contributed by atoms with van der Waals surface area (Å²) in [6, 6.07) is 11.6. The number of hydrogen-bond acceptors (Lipinski definition) is 8. The Bertz CT molecular complexity index is 1170. The van der Waals surface area contributed by atoms with Crippen LogP contribution in [-0.2, 0) is 6.61 Å². The second-order valence-corrected chi connectivity index (χ2v) is 8.56. The standard InChI is InChI=1S/C24H23N3O6S/c1-32-21-11-19(20(27(30)31)12-22(21)33-13-18-14-34-15-25-18)24(29)26-9-7-17(8-10-26)23(28)16-5-3-2-4-6-16/h2-6,11-12,14-15,17H,7-10,13H2,1H3. The molecule has 0 radical (unpaired) electrons. The highest BCUT2D eigenvalue weighted by Crippen LogP contribution is 2.36. The number of rotatable bonds is 8. The first-order chi connectivity index (χ1) is 16.5. The van der Waals surface area contributed by atoms with Gasteiger partial charge in [0.15, 0.2) is 17.3 Å². The number of aromatic nitrogens is 1. The highest BCUT2D eigenvalue weighted by Gasteiger charge is 2.32. The van der Waals surface area contributed by atoms with Crippen LogP contribution in [0, 0.1) is 16.0 Å². The molecule has 4 rings (SSSR count). The molecular weight excluding hydrogens is 458 g/mol. The zero-order valence-electron chi connectivity index (χ0n) is 18.5. The third kappa shape index (κ3) is 5.07. The minimum Gasteiger partial charge on any atom is -0.493 e. The maximum Gasteiger partial charge on any atom is 0.286 e. The van der Waals surface area contributed by atoms with Gasteiger partial charge in [-0.05, 0) is 12.8 Å². The van der Waals surface area contributed by atoms with Gasteiger partial charge in [-0.25, -0.2) is 4.98 Å². The third-order valence-corrected chi connectivity index (χ3v) is 6.41. The summed E-state index contributed by atoms with van der Waals surface area (Å²) in [6.07, 6.45) is 0.998. The summed E-state index contributed by atoms with van der Waals surface area (Å²) in [5, 5.41) is 13.6. The number of Topliss-reactive ketones (excluding diaryl/α,β-unsaturated/α-hetero) is 1. The van der Waals surface area contributed by atoms with Crippen LogP contribution >= 0.6 is 11.3 Å². The van der Waals surface area contributed by atoms with Gasteiger partial charge in [0.05, 0.1) is 29.3 Å². The molecule has 0 spiro atoms. The van der Waals surface area contributed by atoms with Gasteiger partial charge in [0.1, 0.15) is 12.2 Å². The van der Waals surface area contributed by atoms with E-state index in [1.165, 1.54) is 30.6 Å². The Balaban J connectivity index is 1.50. The van der Waals surface area contributed by atoms with Crippen LogP contribution in [0.3, 0.4) is 0 Å². The number of nitrogens with zero attached hydrogens (tertiary/aromatic N) is 3. The molecule has 0 unspecified atom stereocenters. The quantitative estimate of drug-likeness (QED) is 0.267. The summed E-state index contributed by atoms with van der Waals surface area (Å²) in [5.41, 5.74) is 2.57. The molecule has 34 heavy (non-hydrogen) atoms. The van der Waals surface area contributed by atoms with E-state index in [1.54, 1.807) is 22.5 Å². The molecule has 10 heteroatoms. The lowest BCUT2D eigenvalue weighted by Crippen LogP contribution is -2.40. The van der Waals surface area contributed by atoms with E-state index in [9.17, 15) is 19.7 Å². The molecule has 1 aliphatic heterocycles. The predicted molar refractivity (Wildman–Crippen MR) is 125 cm³/mol. The molecule has 3 aromatic rings. The van der Waals surface area contributed by atoms with Crippen molar-refractivity contribution in [1.82, 2.24) is 9.88 Å². The number of nitro groups is 1. The Morgan fingerprint density at radius 2 is 1.91 bits per heavy atom. The van der Waals surface area contributed by atoms with Crippen molar-refractivity contribution >= 4 is 28.7 Å². The van der Waals surface area contributed by atoms with Crippen molar-refractivity contribution in [2.75, 3.05) is 20.2 Å². The molecule has 0 saturated carbocycles. The van der Waals surface area contributed by atoms with Gasteiger partial charge in [0.25, 0.3) is 11.6 Å². The van der Waals surface area contributed by atoms with Crippen LogP contribution in [0.15, 0.2) is 53.4 Å². The lowest BCUT2D eigenvalue weighted by atomic mass is 9.88. The zero-order valence-corrected chi connectivity index (χ0v) is 19.3. The topological polar surface area (TPSA) is 112 Å². The molecule has 1 fully saturated rings. The molecule has 1 aliphatic rings. The van der Waals surface area contributed by atoms with Crippen LogP contribution in [0.1, 0.15) is 39.3 Å². The van der Waals surface area contributed by atoms with Crippen LogP contribution in [-0.4, -0.2) is 46.7 Å². The fourth-order valence-corrected chi connectivity index (χ4v) is 4.50. The lowest BCUT2D eigenvalue weighted by Gasteiger charge is -2.31. The molecule has 1 saturated heterocycles. The van der Waals surface area contributed by atoms with Crippen molar-refractivity contribution in [3.63, 3.8) is 0 Å². The summed E-state index contributed by atoms with van der Waals surface area (Å²) < 4.78 is 11.0. The van der Waals surface area contributed by atoms with Crippen molar-refractivity contribution < 1.29 is 24.0 Å². The monoisotopic (exact) mass is 481 g/mol. The van der Waals surface area contributed by atoms with Gasteiger partial charge in [-0.1, -0.05) is 30.3 Å². The lowest BCUT2D eigenvalue weighted by molar-refractivity contribution is -0.385. The summed E-state index contributed by atoms with van der Waals surface area (Å²) >= 11 is 1.41. The zero-order chi connectivity index (χ0) is 24.1. The maximum absolute atomic E-state index is 13.2. The van der Waals surface area contributed by atoms with Crippen LogP contribution < -0.4 is 9.47 Å². The average molecular weight is 482 g/mol. The molecular formula is C24H23N3O6S. The van der Waals surface area contributed by atoms with E-state index in [-0.39, 0.29) is 41.1 Å². The number of carbonyl (C=O) groups excluding carboxylic acids is 2. The normalized spacial score (nSPS) is 14.0. The van der Waals surface area contributed by atoms with E-state index in [2.05, 4.69) is 4.98 Å². The number of hydrogen-bond donors (Lipinski definition) is 0. The Hall–Kier alpha value is -3.79. The summed E-state index contributed by atoms with van der Waals surface area (Å²) in [4.78, 5) is 42.8. The summed E-state index contributed by atoms with van der Waals surface area (Å²) in [7, 11) is 1.41. The molecule has 2 aromatic carbocycles. The second-order valence-electron chi connectivity index (χ2n) is 7.84. The van der Waals surface area contributed by atoms with Crippen molar-refractivity contribution in [3.8, 4) is 11.5 Å². The summed E-state index contributed by atoms with van der Waals surface area (Å²) in [6.45, 7) is 0.792. The number of piperidine rings is 1. The minimum absolute atomic E-state index is 0.0574. The Morgan fingerprint density at radius 1 is 1.18 bits per heavy atom. The molecule has 2 heterocycles. The highest BCUT2D eigenvalue weighted by molar-refractivity contribution is 7.07. The molecule has 1 amide bonds. The first-order valence-corrected chi connectivity index (χ1v) is 11.7. The van der Waals surface area contributed by atoms with Crippen molar-refractivity contribution in [2.45, 2.75) is 19.4 Å². The largest absolute Gasteiger partial charge is 0.493 e. The van der Waals surface area contributed by atoms with Crippen molar-refractivity contribution in [3.05, 3.63) is 80.3 Å². The van der Waals surface area contributed by atoms with Gasteiger partial charge in [-0.3, -0.25) is 19.7 Å². The molecule has 0 N–H and O–H groups in total. The van der Waals surface area contributed by atoms with Crippen molar-refractivity contribution in [2.24, 2.45) is 5.92 Å². The number of amides is 1. The van der Waals surface area contributed by atoms with Gasteiger partial charge in [0.2, 0.25) is 0 Å². The van der Waals surface area contributed by atoms with Gasteiger partial charge >= 0.3 is 0 Å². The average Bonchev–Trinajstić information content (AvgIpc) is 3.40. The van der Waals surface area contributed by atoms with Crippen LogP contribution in [0.25, 0.3) is 0 Å². The van der Waals surface area contributed by atoms with E-state index in [1.807, 2.05) is 23.6 Å². The number of ether oxygens (including phenoxy) is 2. The molecule has 176 valence electrons. The van der Waals surface area contributed by atoms with Crippen molar-refractivity contribution in [1.29, 1.82) is 0 Å². The van der Waals surface area contributed by atoms with Crippen LogP contribution in [0.2, 0.25) is 0 Å². The Kier molecular flexibility index (Phi) is 7.17. The number of methoxy groups -OCH3 is 1. The first-order valence-electron chi connectivity index (χ1n) is 10.7. The fourth-order valence-electron chi connectivity index (χ4n) is 3.96. The number of thiazole rings is 1. The molecule has 9 nitrogen and oxygen atoms in total. The second kappa shape index (κ2) is 10.4. The number of benzene rings is 2. The number of likely N-dealkylation sites (tertiary alicyclic amines) is 1. The summed E-state index contributed by atoms with van der Waals surface area (Å²) in [5.74, 6) is -0.217. The Morgan fingerprint density at radius 3 is 2.53 bits per heavy atom. The maximum atomic E-state index is 13.2. The predicted octanol–water partition coefficient (Wildman–Crippen LogP) is 4.37. The van der Waals surface area contributed by atoms with E-state index >= 15 is 0 Å². The van der Waals surface area contributed by atoms with Gasteiger partial charge in [0, 0.05) is 36.0 Å². The van der Waals surface area contributed by atoms with Gasteiger partial charge in [-0.15, -0.1) is 11.3 Å². The number of carbonyl (C=O) groups is 2. The van der Waals surface area contributed by atoms with Crippen LogP contribution in [0.4, 0.5) is 5.69 Å². The van der Waals surface area contributed by atoms with Gasteiger partial charge < -0.3 is 14.4 Å². The first kappa shape index (κ1) is 23.4. The molecule has 1 aromatic heterocycles. The fraction of sp³-hybridized carbons (Fsp3) is 0.292. The molecule has 0 aliphatic carbocycles. The van der Waals surface area contributed by atoms with E-state index in [0.717, 1.165) is 0 Å². The third-order valence-electron chi connectivity index (χ3n) is 5.78. The van der Waals surface area contributed by atoms with Gasteiger partial charge in [-0.2, -0.15) is 0 Å². The van der Waals surface area contributed by atoms with E-state index in [0.29, 0.717) is 37.2 Å². The SMILES string of the molecule is COc1cc(C(=O)N2CCC(C(=O)c3ccccc3)CC2)c([N+](=O)[O-])cc1OCc1cscn1. The van der Waals surface area contributed by atoms with E-state index < -0.39 is 10.8 Å². The number of nitro benzene ring substituents is 1. The Labute approximate surface area is 200 Å². The van der Waals surface area contributed by atoms with Crippen LogP contribution in [0.5, 0.6) is 11.5 Å². The highest BCUT2D eigenvalue weighted by atomic mass is 32.1. The number of ketones is 1. The smallest absolute Gasteiger partial charge is 0.286 e. The molecule has 0 bridgehead atoms. The minimum atomic E-state index is -0.603.